The van der Waals surface area contributed by atoms with Gasteiger partial charge in [-0.05, 0) is 37.8 Å². The molecule has 19 heavy (non-hydrogen) atoms. The van der Waals surface area contributed by atoms with Crippen LogP contribution in [0.3, 0.4) is 0 Å². The van der Waals surface area contributed by atoms with Crippen molar-refractivity contribution in [2.45, 2.75) is 39.7 Å². The van der Waals surface area contributed by atoms with E-state index < -0.39 is 0 Å². The molecule has 1 unspecified atom stereocenters. The van der Waals surface area contributed by atoms with Gasteiger partial charge in [0.05, 0.1) is 0 Å². The van der Waals surface area contributed by atoms with Crippen LogP contribution in [0.15, 0.2) is 12.3 Å². The Morgan fingerprint density at radius 3 is 3.11 bits per heavy atom. The molecule has 1 saturated heterocycles. The maximum atomic E-state index is 14.5. The summed E-state index contributed by atoms with van der Waals surface area (Å²) in [7, 11) is 0. The van der Waals surface area contributed by atoms with Gasteiger partial charge in [-0.25, -0.2) is 9.37 Å². The number of anilines is 1. The summed E-state index contributed by atoms with van der Waals surface area (Å²) in [6.07, 6.45) is 5.14. The molecule has 0 bridgehead atoms. The van der Waals surface area contributed by atoms with Gasteiger partial charge < -0.3 is 10.2 Å². The smallest absolute Gasteiger partial charge is 0.170 e. The molecular weight excluding hydrogens is 241 g/mol. The Labute approximate surface area is 115 Å². The SMILES string of the molecule is CCCNCc1ccnc(N2CCCC(C)C2)c1F. The van der Waals surface area contributed by atoms with Gasteiger partial charge in [0.15, 0.2) is 11.6 Å². The highest BCUT2D eigenvalue weighted by atomic mass is 19.1. The van der Waals surface area contributed by atoms with E-state index in [9.17, 15) is 4.39 Å². The Morgan fingerprint density at radius 1 is 1.53 bits per heavy atom. The first kappa shape index (κ1) is 14.3. The van der Waals surface area contributed by atoms with Crippen molar-refractivity contribution in [1.29, 1.82) is 0 Å². The monoisotopic (exact) mass is 265 g/mol. The molecule has 1 aromatic rings. The first-order chi connectivity index (χ1) is 9.22. The number of halogens is 1. The minimum absolute atomic E-state index is 0.153. The molecule has 0 saturated carbocycles. The van der Waals surface area contributed by atoms with Crippen molar-refractivity contribution in [3.05, 3.63) is 23.6 Å². The Hall–Kier alpha value is -1.16. The van der Waals surface area contributed by atoms with Crippen LogP contribution in [0.1, 0.15) is 38.7 Å². The third-order valence-corrected chi connectivity index (χ3v) is 3.65. The lowest BCUT2D eigenvalue weighted by atomic mass is 10.0. The van der Waals surface area contributed by atoms with Crippen molar-refractivity contribution in [3.63, 3.8) is 0 Å². The molecule has 1 aromatic heterocycles. The average molecular weight is 265 g/mol. The molecule has 1 atom stereocenters. The first-order valence-electron chi connectivity index (χ1n) is 7.31. The molecule has 0 aliphatic carbocycles. The molecule has 1 aliphatic rings. The summed E-state index contributed by atoms with van der Waals surface area (Å²) in [6.45, 7) is 7.65. The molecule has 0 spiro atoms. The highest BCUT2D eigenvalue weighted by Gasteiger charge is 2.21. The van der Waals surface area contributed by atoms with Gasteiger partial charge in [0.2, 0.25) is 0 Å². The molecule has 1 fully saturated rings. The fraction of sp³-hybridized carbons (Fsp3) is 0.667. The van der Waals surface area contributed by atoms with E-state index >= 15 is 0 Å². The molecule has 3 nitrogen and oxygen atoms in total. The number of nitrogens with one attached hydrogen (secondary N) is 1. The van der Waals surface area contributed by atoms with Gasteiger partial charge in [0, 0.05) is 31.4 Å². The summed E-state index contributed by atoms with van der Waals surface area (Å²) in [6, 6.07) is 1.77. The number of pyridine rings is 1. The van der Waals surface area contributed by atoms with Crippen molar-refractivity contribution in [2.24, 2.45) is 5.92 Å². The Morgan fingerprint density at radius 2 is 2.37 bits per heavy atom. The second-order valence-corrected chi connectivity index (χ2v) is 5.48. The Kier molecular flexibility index (Phi) is 5.14. The second-order valence-electron chi connectivity index (χ2n) is 5.48. The summed E-state index contributed by atoms with van der Waals surface area (Å²) in [5, 5.41) is 3.24. The van der Waals surface area contributed by atoms with Crippen LogP contribution in [0.4, 0.5) is 10.2 Å². The minimum Gasteiger partial charge on any atom is -0.354 e. The molecule has 2 heterocycles. The van der Waals surface area contributed by atoms with Crippen LogP contribution in [0.2, 0.25) is 0 Å². The summed E-state index contributed by atoms with van der Waals surface area (Å²) in [4.78, 5) is 6.34. The number of piperidine rings is 1. The van der Waals surface area contributed by atoms with E-state index in [2.05, 4.69) is 29.0 Å². The van der Waals surface area contributed by atoms with Gasteiger partial charge in [-0.3, -0.25) is 0 Å². The van der Waals surface area contributed by atoms with E-state index in [1.807, 2.05) is 0 Å². The van der Waals surface area contributed by atoms with Crippen LogP contribution in [0.25, 0.3) is 0 Å². The molecule has 0 radical (unpaired) electrons. The third kappa shape index (κ3) is 3.66. The first-order valence-corrected chi connectivity index (χ1v) is 7.31. The summed E-state index contributed by atoms with van der Waals surface area (Å²) < 4.78 is 14.5. The van der Waals surface area contributed by atoms with Gasteiger partial charge in [0.1, 0.15) is 0 Å². The highest BCUT2D eigenvalue weighted by Crippen LogP contribution is 2.25. The van der Waals surface area contributed by atoms with E-state index in [1.165, 1.54) is 6.42 Å². The number of nitrogens with zero attached hydrogens (tertiary/aromatic N) is 2. The fourth-order valence-corrected chi connectivity index (χ4v) is 2.61. The van der Waals surface area contributed by atoms with E-state index in [1.54, 1.807) is 12.3 Å². The Balaban J connectivity index is 2.10. The number of aromatic nitrogens is 1. The van der Waals surface area contributed by atoms with Crippen molar-refractivity contribution in [2.75, 3.05) is 24.5 Å². The lowest BCUT2D eigenvalue weighted by molar-refractivity contribution is 0.438. The number of hydrogen-bond acceptors (Lipinski definition) is 3. The molecule has 4 heteroatoms. The van der Waals surface area contributed by atoms with E-state index in [0.717, 1.165) is 38.0 Å². The standard InChI is InChI=1S/C15H24FN3/c1-3-7-17-10-13-6-8-18-15(14(13)16)19-9-4-5-12(2)11-19/h6,8,12,17H,3-5,7,9-11H2,1-2H3. The molecule has 0 amide bonds. The van der Waals surface area contributed by atoms with Crippen LogP contribution in [-0.4, -0.2) is 24.6 Å². The molecule has 1 aliphatic heterocycles. The zero-order valence-corrected chi connectivity index (χ0v) is 12.0. The number of hydrogen-bond donors (Lipinski definition) is 1. The second kappa shape index (κ2) is 6.85. The van der Waals surface area contributed by atoms with Gasteiger partial charge in [0.25, 0.3) is 0 Å². The molecule has 2 rings (SSSR count). The van der Waals surface area contributed by atoms with Crippen LogP contribution in [0, 0.1) is 11.7 Å². The quantitative estimate of drug-likeness (QED) is 0.830. The number of rotatable bonds is 5. The summed E-state index contributed by atoms with van der Waals surface area (Å²) in [5.74, 6) is 0.999. The van der Waals surface area contributed by atoms with Crippen LogP contribution in [0.5, 0.6) is 0 Å². The highest BCUT2D eigenvalue weighted by molar-refractivity contribution is 5.43. The normalized spacial score (nSPS) is 19.7. The Bertz CT molecular complexity index is 408. The van der Waals surface area contributed by atoms with E-state index in [0.29, 0.717) is 18.3 Å². The third-order valence-electron chi connectivity index (χ3n) is 3.65. The molecule has 106 valence electrons. The average Bonchev–Trinajstić information content (AvgIpc) is 2.41. The lowest BCUT2D eigenvalue weighted by Crippen LogP contribution is -2.35. The molecule has 1 N–H and O–H groups in total. The predicted molar refractivity (Wildman–Crippen MR) is 76.8 cm³/mol. The summed E-state index contributed by atoms with van der Waals surface area (Å²) in [5.41, 5.74) is 0.719. The van der Waals surface area contributed by atoms with E-state index in [-0.39, 0.29) is 5.82 Å². The maximum absolute atomic E-state index is 14.5. The fourth-order valence-electron chi connectivity index (χ4n) is 2.61. The van der Waals surface area contributed by atoms with Crippen LogP contribution < -0.4 is 10.2 Å². The topological polar surface area (TPSA) is 28.2 Å². The lowest BCUT2D eigenvalue weighted by Gasteiger charge is -2.32. The van der Waals surface area contributed by atoms with Crippen LogP contribution >= 0.6 is 0 Å². The van der Waals surface area contributed by atoms with Crippen molar-refractivity contribution >= 4 is 5.82 Å². The zero-order valence-electron chi connectivity index (χ0n) is 12.0. The largest absolute Gasteiger partial charge is 0.354 e. The van der Waals surface area contributed by atoms with Crippen LogP contribution in [-0.2, 0) is 6.54 Å². The van der Waals surface area contributed by atoms with Crippen molar-refractivity contribution in [1.82, 2.24) is 10.3 Å². The maximum Gasteiger partial charge on any atom is 0.170 e. The molecule has 0 aromatic carbocycles. The predicted octanol–water partition coefficient (Wildman–Crippen LogP) is 2.96. The zero-order chi connectivity index (χ0) is 13.7. The molecular formula is C15H24FN3. The van der Waals surface area contributed by atoms with Gasteiger partial charge in [-0.2, -0.15) is 0 Å². The van der Waals surface area contributed by atoms with E-state index in [4.69, 9.17) is 0 Å². The van der Waals surface area contributed by atoms with Gasteiger partial charge in [-0.1, -0.05) is 13.8 Å². The van der Waals surface area contributed by atoms with Gasteiger partial charge in [-0.15, -0.1) is 0 Å². The minimum atomic E-state index is -0.153. The van der Waals surface area contributed by atoms with Crippen molar-refractivity contribution in [3.8, 4) is 0 Å². The summed E-state index contributed by atoms with van der Waals surface area (Å²) >= 11 is 0. The van der Waals surface area contributed by atoms with Gasteiger partial charge >= 0.3 is 0 Å². The van der Waals surface area contributed by atoms with Crippen molar-refractivity contribution < 1.29 is 4.39 Å².